The predicted octanol–water partition coefficient (Wildman–Crippen LogP) is 0.917. The fraction of sp³-hybridized carbons (Fsp3) is 0.176. The highest BCUT2D eigenvalue weighted by atomic mass is 16.4. The van der Waals surface area contributed by atoms with Gasteiger partial charge in [0.25, 0.3) is 11.8 Å². The Bertz CT molecular complexity index is 995. The lowest BCUT2D eigenvalue weighted by Gasteiger charge is -2.15. The molecule has 1 aliphatic heterocycles. The fourth-order valence-electron chi connectivity index (χ4n) is 2.55. The van der Waals surface area contributed by atoms with Crippen molar-refractivity contribution in [3.8, 4) is 0 Å². The summed E-state index contributed by atoms with van der Waals surface area (Å²) >= 11 is 0. The van der Waals surface area contributed by atoms with Gasteiger partial charge < -0.3 is 9.32 Å². The highest BCUT2D eigenvalue weighted by Gasteiger charge is 2.28. The third-order valence-electron chi connectivity index (χ3n) is 3.94. The SMILES string of the molecule is Cc1c(C=C2C(=O)NC(=O)NC2=O)c(=O)oc2cc(N(C)C)ccc12. The van der Waals surface area contributed by atoms with Gasteiger partial charge >= 0.3 is 11.7 Å². The van der Waals surface area contributed by atoms with E-state index in [1.165, 1.54) is 0 Å². The van der Waals surface area contributed by atoms with E-state index < -0.39 is 23.5 Å². The third-order valence-corrected chi connectivity index (χ3v) is 3.94. The van der Waals surface area contributed by atoms with Crippen molar-refractivity contribution in [3.63, 3.8) is 0 Å². The summed E-state index contributed by atoms with van der Waals surface area (Å²) in [6, 6.07) is 4.50. The number of hydrogen-bond acceptors (Lipinski definition) is 6. The van der Waals surface area contributed by atoms with Crippen LogP contribution in [0.1, 0.15) is 11.1 Å². The normalized spacial score (nSPS) is 14.4. The molecule has 8 heteroatoms. The number of carbonyl (C=O) groups excluding carboxylic acids is 3. The Morgan fingerprint density at radius 2 is 1.68 bits per heavy atom. The minimum absolute atomic E-state index is 0.0831. The molecule has 3 rings (SSSR count). The van der Waals surface area contributed by atoms with Crippen molar-refractivity contribution >= 4 is 40.6 Å². The van der Waals surface area contributed by atoms with Crippen LogP contribution < -0.4 is 21.2 Å². The third kappa shape index (κ3) is 2.89. The first-order valence-corrected chi connectivity index (χ1v) is 7.41. The zero-order chi connectivity index (χ0) is 18.3. The van der Waals surface area contributed by atoms with Gasteiger partial charge in [0.1, 0.15) is 11.2 Å². The van der Waals surface area contributed by atoms with Gasteiger partial charge in [-0.2, -0.15) is 0 Å². The molecule has 0 saturated carbocycles. The van der Waals surface area contributed by atoms with Gasteiger partial charge in [0, 0.05) is 31.2 Å². The lowest BCUT2D eigenvalue weighted by Crippen LogP contribution is -2.51. The highest BCUT2D eigenvalue weighted by molar-refractivity contribution is 6.31. The van der Waals surface area contributed by atoms with Crippen LogP contribution in [0, 0.1) is 6.92 Å². The van der Waals surface area contributed by atoms with Gasteiger partial charge in [-0.25, -0.2) is 9.59 Å². The first-order chi connectivity index (χ1) is 11.8. The van der Waals surface area contributed by atoms with Crippen LogP contribution in [0.2, 0.25) is 0 Å². The summed E-state index contributed by atoms with van der Waals surface area (Å²) in [6.45, 7) is 1.70. The standard InChI is InChI=1S/C17H15N3O5/c1-8-10-5-4-9(20(2)3)6-13(10)25-16(23)11(8)7-12-14(21)18-17(24)19-15(12)22/h4-7H,1-3H3,(H2,18,19,21,22,24). The summed E-state index contributed by atoms with van der Waals surface area (Å²) in [7, 11) is 3.74. The lowest BCUT2D eigenvalue weighted by molar-refractivity contribution is -0.123. The molecule has 4 amide bonds. The molecule has 0 unspecified atom stereocenters. The molecule has 0 aliphatic carbocycles. The number of amides is 4. The van der Waals surface area contributed by atoms with E-state index in [2.05, 4.69) is 0 Å². The molecule has 2 N–H and O–H groups in total. The average Bonchev–Trinajstić information content (AvgIpc) is 2.52. The predicted molar refractivity (Wildman–Crippen MR) is 91.2 cm³/mol. The smallest absolute Gasteiger partial charge is 0.343 e. The molecule has 0 bridgehead atoms. The van der Waals surface area contributed by atoms with Gasteiger partial charge in [-0.3, -0.25) is 20.2 Å². The van der Waals surface area contributed by atoms with E-state index in [0.29, 0.717) is 16.5 Å². The molecule has 8 nitrogen and oxygen atoms in total. The monoisotopic (exact) mass is 341 g/mol. The summed E-state index contributed by atoms with van der Waals surface area (Å²) in [4.78, 5) is 49.0. The number of nitrogens with zero attached hydrogens (tertiary/aromatic N) is 1. The largest absolute Gasteiger partial charge is 0.422 e. The van der Waals surface area contributed by atoms with Gasteiger partial charge in [-0.1, -0.05) is 0 Å². The van der Waals surface area contributed by atoms with Crippen molar-refractivity contribution in [2.75, 3.05) is 19.0 Å². The number of rotatable bonds is 2. The number of carbonyl (C=O) groups is 3. The minimum Gasteiger partial charge on any atom is -0.422 e. The second-order valence-corrected chi connectivity index (χ2v) is 5.80. The van der Waals surface area contributed by atoms with Gasteiger partial charge in [0.2, 0.25) is 0 Å². The van der Waals surface area contributed by atoms with Crippen molar-refractivity contribution < 1.29 is 18.8 Å². The summed E-state index contributed by atoms with van der Waals surface area (Å²) < 4.78 is 5.34. The Morgan fingerprint density at radius 3 is 2.28 bits per heavy atom. The van der Waals surface area contributed by atoms with E-state index >= 15 is 0 Å². The maximum Gasteiger partial charge on any atom is 0.343 e. The maximum atomic E-state index is 12.3. The number of nitrogens with one attached hydrogen (secondary N) is 2. The van der Waals surface area contributed by atoms with Gasteiger partial charge in [-0.05, 0) is 30.7 Å². The van der Waals surface area contributed by atoms with Crippen molar-refractivity contribution in [3.05, 3.63) is 45.3 Å². The van der Waals surface area contributed by atoms with Crippen LogP contribution in [0.4, 0.5) is 10.5 Å². The molecule has 1 aromatic heterocycles. The topological polar surface area (TPSA) is 109 Å². The van der Waals surface area contributed by atoms with Crippen LogP contribution in [0.3, 0.4) is 0 Å². The second kappa shape index (κ2) is 5.90. The Kier molecular flexibility index (Phi) is 3.88. The molecule has 0 radical (unpaired) electrons. The number of fused-ring (bicyclic) bond motifs is 1. The Morgan fingerprint density at radius 1 is 1.04 bits per heavy atom. The first kappa shape index (κ1) is 16.4. The molecule has 1 fully saturated rings. The van der Waals surface area contributed by atoms with E-state index in [0.717, 1.165) is 11.8 Å². The summed E-state index contributed by atoms with van der Waals surface area (Å²) in [5.41, 5.74) is 0.917. The number of urea groups is 1. The molecule has 1 saturated heterocycles. The Balaban J connectivity index is 2.17. The summed E-state index contributed by atoms with van der Waals surface area (Å²) in [5, 5.41) is 4.60. The number of aryl methyl sites for hydroxylation is 1. The molecule has 1 aromatic carbocycles. The Hall–Kier alpha value is -3.42. The van der Waals surface area contributed by atoms with E-state index in [-0.39, 0.29) is 11.1 Å². The van der Waals surface area contributed by atoms with Crippen molar-refractivity contribution in [1.82, 2.24) is 10.6 Å². The Labute approximate surface area is 142 Å². The second-order valence-electron chi connectivity index (χ2n) is 5.80. The number of barbiturate groups is 1. The van der Waals surface area contributed by atoms with Crippen molar-refractivity contribution in [1.29, 1.82) is 0 Å². The molecule has 1 aliphatic rings. The fourth-order valence-corrected chi connectivity index (χ4v) is 2.55. The van der Waals surface area contributed by atoms with Crippen molar-refractivity contribution in [2.24, 2.45) is 0 Å². The van der Waals surface area contributed by atoms with Gasteiger partial charge in [0.15, 0.2) is 0 Å². The quantitative estimate of drug-likeness (QED) is 0.478. The average molecular weight is 341 g/mol. The number of anilines is 1. The van der Waals surface area contributed by atoms with E-state index in [9.17, 15) is 19.2 Å². The van der Waals surface area contributed by atoms with Crippen LogP contribution >= 0.6 is 0 Å². The number of imide groups is 2. The summed E-state index contributed by atoms with van der Waals surface area (Å²) in [6.07, 6.45) is 1.14. The van der Waals surface area contributed by atoms with E-state index in [4.69, 9.17) is 4.42 Å². The van der Waals surface area contributed by atoms with Crippen molar-refractivity contribution in [2.45, 2.75) is 6.92 Å². The molecule has 25 heavy (non-hydrogen) atoms. The highest BCUT2D eigenvalue weighted by Crippen LogP contribution is 2.25. The number of benzene rings is 1. The molecular formula is C17H15N3O5. The molecule has 0 spiro atoms. The van der Waals surface area contributed by atoms with Gasteiger partial charge in [-0.15, -0.1) is 0 Å². The molecule has 2 heterocycles. The van der Waals surface area contributed by atoms with Crippen LogP contribution in [0.25, 0.3) is 17.0 Å². The number of hydrogen-bond donors (Lipinski definition) is 2. The van der Waals surface area contributed by atoms with E-state index in [1.54, 1.807) is 19.1 Å². The zero-order valence-electron chi connectivity index (χ0n) is 13.8. The van der Waals surface area contributed by atoms with E-state index in [1.807, 2.05) is 35.7 Å². The van der Waals surface area contributed by atoms with Crippen LogP contribution in [-0.2, 0) is 9.59 Å². The molecular weight excluding hydrogens is 326 g/mol. The lowest BCUT2D eigenvalue weighted by atomic mass is 10.0. The minimum atomic E-state index is -0.898. The first-order valence-electron chi connectivity index (χ1n) is 7.41. The summed E-state index contributed by atoms with van der Waals surface area (Å²) in [5.74, 6) is -1.73. The maximum absolute atomic E-state index is 12.3. The molecule has 0 atom stereocenters. The molecule has 128 valence electrons. The molecule has 2 aromatic rings. The van der Waals surface area contributed by atoms with Crippen LogP contribution in [0.5, 0.6) is 0 Å². The van der Waals surface area contributed by atoms with Crippen LogP contribution in [0.15, 0.2) is 33.0 Å². The van der Waals surface area contributed by atoms with Gasteiger partial charge in [0.05, 0.1) is 5.56 Å². The van der Waals surface area contributed by atoms with Crippen LogP contribution in [-0.4, -0.2) is 31.9 Å². The zero-order valence-corrected chi connectivity index (χ0v) is 13.8.